The van der Waals surface area contributed by atoms with E-state index in [1.807, 2.05) is 0 Å². The summed E-state index contributed by atoms with van der Waals surface area (Å²) in [6.45, 7) is 0. The number of phenolic OH excluding ortho intramolecular Hbond substituents is 1. The van der Waals surface area contributed by atoms with E-state index in [4.69, 9.17) is 28.3 Å². The van der Waals surface area contributed by atoms with Gasteiger partial charge in [-0.2, -0.15) is 0 Å². The van der Waals surface area contributed by atoms with E-state index in [-0.39, 0.29) is 48.5 Å². The molecule has 0 aromatic heterocycles. The van der Waals surface area contributed by atoms with Gasteiger partial charge < -0.3 is 5.11 Å². The fourth-order valence-corrected chi connectivity index (χ4v) is 0.890. The number of aromatic hydroxyl groups is 1. The number of hydrogen-bond donors (Lipinski definition) is 1. The maximum atomic E-state index is 8.85. The molecule has 0 aliphatic rings. The summed E-state index contributed by atoms with van der Waals surface area (Å²) in [5.41, 5.74) is 0. The second-order valence-corrected chi connectivity index (χ2v) is 2.44. The van der Waals surface area contributed by atoms with Crippen LogP contribution in [0.3, 0.4) is 0 Å². The van der Waals surface area contributed by atoms with Crippen molar-refractivity contribution in [2.24, 2.45) is 0 Å². The summed E-state index contributed by atoms with van der Waals surface area (Å²) < 4.78 is 0. The van der Waals surface area contributed by atoms with Gasteiger partial charge >= 0.3 is 37.7 Å². The average Bonchev–Trinajstić information content (AvgIpc) is 1.80. The van der Waals surface area contributed by atoms with Crippen LogP contribution in [0.4, 0.5) is 0 Å². The first-order valence-electron chi connectivity index (χ1n) is 2.34. The molecule has 1 nitrogen and oxygen atoms in total. The van der Waals surface area contributed by atoms with E-state index in [1.165, 1.54) is 12.1 Å². The van der Waals surface area contributed by atoms with Crippen LogP contribution in [0.5, 0.6) is 5.75 Å². The molecule has 0 spiro atoms. The van der Waals surface area contributed by atoms with Gasteiger partial charge in [-0.15, -0.1) is 0 Å². The van der Waals surface area contributed by atoms with E-state index in [0.717, 1.165) is 0 Å². The Morgan fingerprint density at radius 1 is 1.20 bits per heavy atom. The van der Waals surface area contributed by atoms with Crippen molar-refractivity contribution in [2.75, 3.05) is 0 Å². The van der Waals surface area contributed by atoms with Gasteiger partial charge in [-0.3, -0.25) is 0 Å². The molecule has 0 amide bonds. The van der Waals surface area contributed by atoms with E-state index in [9.17, 15) is 0 Å². The Bertz CT molecular complexity index is 227. The molecule has 1 N–H and O–H groups in total. The van der Waals surface area contributed by atoms with Crippen LogP contribution in [0, 0.1) is 0 Å². The van der Waals surface area contributed by atoms with E-state index < -0.39 is 0 Å². The summed E-state index contributed by atoms with van der Waals surface area (Å²) in [7, 11) is 0. The molecule has 0 saturated heterocycles. The molecular weight excluding hydrogens is 199 g/mol. The standard InChI is InChI=1S/C6H4Cl2O.Ca.2H/c7-4-1-2-6(9)5(8)3-4;;;/h1-3,9H;;;. The molecule has 0 fully saturated rings. The van der Waals surface area contributed by atoms with Gasteiger partial charge in [0, 0.05) is 5.02 Å². The van der Waals surface area contributed by atoms with Gasteiger partial charge in [0.15, 0.2) is 0 Å². The van der Waals surface area contributed by atoms with Gasteiger partial charge in [-0.1, -0.05) is 23.2 Å². The molecular formula is C6H6CaCl2O. The van der Waals surface area contributed by atoms with Crippen molar-refractivity contribution >= 4 is 60.9 Å². The predicted molar refractivity (Wildman–Crippen MR) is 46.7 cm³/mol. The summed E-state index contributed by atoms with van der Waals surface area (Å²) >= 11 is 11.0. The average molecular weight is 205 g/mol. The van der Waals surface area contributed by atoms with Gasteiger partial charge in [0.2, 0.25) is 0 Å². The second-order valence-electron chi connectivity index (χ2n) is 1.60. The van der Waals surface area contributed by atoms with Gasteiger partial charge in [0.05, 0.1) is 5.02 Å². The van der Waals surface area contributed by atoms with Gasteiger partial charge in [-0.25, -0.2) is 0 Å². The first-order valence-corrected chi connectivity index (χ1v) is 3.10. The minimum atomic E-state index is 0. The zero-order valence-electron chi connectivity index (χ0n) is 4.44. The number of halogens is 2. The van der Waals surface area contributed by atoms with Crippen molar-refractivity contribution in [1.29, 1.82) is 0 Å². The topological polar surface area (TPSA) is 20.2 Å². The molecule has 0 heterocycles. The van der Waals surface area contributed by atoms with Crippen LogP contribution in [-0.4, -0.2) is 42.8 Å². The Balaban J connectivity index is 0.000000810. The molecule has 0 unspecified atom stereocenters. The Morgan fingerprint density at radius 3 is 2.20 bits per heavy atom. The van der Waals surface area contributed by atoms with Crippen molar-refractivity contribution in [3.8, 4) is 5.75 Å². The fourth-order valence-electron chi connectivity index (χ4n) is 0.481. The third-order valence-corrected chi connectivity index (χ3v) is 1.45. The van der Waals surface area contributed by atoms with Crippen molar-refractivity contribution < 1.29 is 5.11 Å². The summed E-state index contributed by atoms with van der Waals surface area (Å²) in [5.74, 6) is 0.0565. The minimum absolute atomic E-state index is 0. The van der Waals surface area contributed by atoms with Gasteiger partial charge in [-0.05, 0) is 18.2 Å². The van der Waals surface area contributed by atoms with Crippen LogP contribution in [0.25, 0.3) is 0 Å². The molecule has 0 atom stereocenters. The SMILES string of the molecule is Oc1ccc(Cl)cc1Cl.[CaH2]. The molecule has 1 aromatic rings. The van der Waals surface area contributed by atoms with Crippen LogP contribution in [0.1, 0.15) is 0 Å². The first kappa shape index (κ1) is 10.9. The molecule has 4 heteroatoms. The first-order chi connectivity index (χ1) is 4.20. The molecule has 0 saturated carbocycles. The summed E-state index contributed by atoms with van der Waals surface area (Å²) in [4.78, 5) is 0. The predicted octanol–water partition coefficient (Wildman–Crippen LogP) is 1.78. The Morgan fingerprint density at radius 2 is 1.80 bits per heavy atom. The van der Waals surface area contributed by atoms with Crippen LogP contribution >= 0.6 is 23.2 Å². The third-order valence-electron chi connectivity index (χ3n) is 0.910. The Hall–Kier alpha value is 0.860. The number of hydrogen-bond acceptors (Lipinski definition) is 1. The zero-order valence-corrected chi connectivity index (χ0v) is 5.95. The van der Waals surface area contributed by atoms with E-state index in [0.29, 0.717) is 5.02 Å². The molecule has 1 aromatic carbocycles. The molecule has 0 radical (unpaired) electrons. The zero-order chi connectivity index (χ0) is 6.85. The fraction of sp³-hybridized carbons (Fsp3) is 0. The second kappa shape index (κ2) is 4.68. The van der Waals surface area contributed by atoms with Gasteiger partial charge in [0.25, 0.3) is 0 Å². The Labute approximate surface area is 98.9 Å². The molecule has 0 aliphatic carbocycles. The quantitative estimate of drug-likeness (QED) is 0.640. The molecule has 0 bridgehead atoms. The monoisotopic (exact) mass is 204 g/mol. The molecule has 10 heavy (non-hydrogen) atoms. The number of rotatable bonds is 0. The summed E-state index contributed by atoms with van der Waals surface area (Å²) in [6, 6.07) is 4.51. The maximum absolute atomic E-state index is 8.85. The van der Waals surface area contributed by atoms with E-state index >= 15 is 0 Å². The van der Waals surface area contributed by atoms with Crippen LogP contribution in [0.2, 0.25) is 10.0 Å². The van der Waals surface area contributed by atoms with E-state index in [2.05, 4.69) is 0 Å². The molecule has 0 aliphatic heterocycles. The summed E-state index contributed by atoms with van der Waals surface area (Å²) in [5, 5.41) is 9.66. The van der Waals surface area contributed by atoms with E-state index in [1.54, 1.807) is 6.07 Å². The van der Waals surface area contributed by atoms with Crippen LogP contribution in [-0.2, 0) is 0 Å². The van der Waals surface area contributed by atoms with Crippen molar-refractivity contribution in [3.63, 3.8) is 0 Å². The number of phenols is 1. The molecule has 1 rings (SSSR count). The van der Waals surface area contributed by atoms with Crippen molar-refractivity contribution in [2.45, 2.75) is 0 Å². The number of benzene rings is 1. The third kappa shape index (κ3) is 2.85. The molecule has 52 valence electrons. The van der Waals surface area contributed by atoms with Crippen molar-refractivity contribution in [1.82, 2.24) is 0 Å². The normalized spacial score (nSPS) is 8.60. The van der Waals surface area contributed by atoms with Crippen LogP contribution < -0.4 is 0 Å². The van der Waals surface area contributed by atoms with Crippen molar-refractivity contribution in [3.05, 3.63) is 28.2 Å². The van der Waals surface area contributed by atoms with Gasteiger partial charge in [0.1, 0.15) is 5.75 Å². The Kier molecular flexibility index (Phi) is 5.08. The van der Waals surface area contributed by atoms with Crippen LogP contribution in [0.15, 0.2) is 18.2 Å². The summed E-state index contributed by atoms with van der Waals surface area (Å²) in [6.07, 6.45) is 0.